The van der Waals surface area contributed by atoms with Gasteiger partial charge in [0.1, 0.15) is 0 Å². The van der Waals surface area contributed by atoms with Crippen LogP contribution in [0.4, 0.5) is 0 Å². The highest BCUT2D eigenvalue weighted by molar-refractivity contribution is 5.74. The molecule has 2 rings (SSSR count). The first-order valence-electron chi connectivity index (χ1n) is 3.88. The molecule has 0 bridgehead atoms. The van der Waals surface area contributed by atoms with Gasteiger partial charge < -0.3 is 10.1 Å². The molecule has 0 aliphatic rings. The van der Waals surface area contributed by atoms with Crippen LogP contribution >= 0.6 is 0 Å². The molecule has 0 atom stereocenters. The average Bonchev–Trinajstić information content (AvgIpc) is 2.16. The molecule has 0 fully saturated rings. The summed E-state index contributed by atoms with van der Waals surface area (Å²) in [6, 6.07) is 5.24. The highest BCUT2D eigenvalue weighted by Gasteiger charge is 1.96. The zero-order valence-electron chi connectivity index (χ0n) is 6.82. The van der Waals surface area contributed by atoms with Crippen LogP contribution in [0, 0.1) is 0 Å². The number of fused-ring (bicyclic) bond motifs is 1. The number of rotatable bonds is 1. The second-order valence-corrected chi connectivity index (χ2v) is 2.76. The van der Waals surface area contributed by atoms with E-state index in [4.69, 9.17) is 5.11 Å². The molecule has 1 aromatic heterocycles. The van der Waals surface area contributed by atoms with Crippen molar-refractivity contribution in [1.29, 1.82) is 0 Å². The van der Waals surface area contributed by atoms with Crippen LogP contribution in [0.25, 0.3) is 11.0 Å². The zero-order valence-corrected chi connectivity index (χ0v) is 6.82. The fourth-order valence-electron chi connectivity index (χ4n) is 1.19. The SMILES string of the molecule is O=c1cnc2ccc(CO)cc2[nH]1. The second-order valence-electron chi connectivity index (χ2n) is 2.76. The van der Waals surface area contributed by atoms with Crippen molar-refractivity contribution in [2.75, 3.05) is 0 Å². The van der Waals surface area contributed by atoms with Crippen LogP contribution < -0.4 is 5.56 Å². The third-order valence-corrected chi connectivity index (χ3v) is 1.82. The molecule has 0 spiro atoms. The van der Waals surface area contributed by atoms with Gasteiger partial charge in [0.15, 0.2) is 0 Å². The van der Waals surface area contributed by atoms with E-state index in [0.29, 0.717) is 5.52 Å². The normalized spacial score (nSPS) is 10.5. The molecule has 1 aromatic carbocycles. The first kappa shape index (κ1) is 7.94. The van der Waals surface area contributed by atoms with Gasteiger partial charge in [-0.25, -0.2) is 4.98 Å². The lowest BCUT2D eigenvalue weighted by atomic mass is 10.2. The van der Waals surface area contributed by atoms with Crippen LogP contribution in [-0.4, -0.2) is 15.1 Å². The lowest BCUT2D eigenvalue weighted by Crippen LogP contribution is -2.04. The van der Waals surface area contributed by atoms with Gasteiger partial charge in [0, 0.05) is 0 Å². The summed E-state index contributed by atoms with van der Waals surface area (Å²) in [5, 5.41) is 8.85. The summed E-state index contributed by atoms with van der Waals surface area (Å²) < 4.78 is 0. The molecule has 4 nitrogen and oxygen atoms in total. The van der Waals surface area contributed by atoms with Gasteiger partial charge in [-0.05, 0) is 17.7 Å². The van der Waals surface area contributed by atoms with Gasteiger partial charge in [0.05, 0.1) is 23.8 Å². The topological polar surface area (TPSA) is 66.0 Å². The van der Waals surface area contributed by atoms with Gasteiger partial charge in [-0.1, -0.05) is 6.07 Å². The van der Waals surface area contributed by atoms with Gasteiger partial charge in [-0.2, -0.15) is 0 Å². The van der Waals surface area contributed by atoms with Crippen molar-refractivity contribution in [2.45, 2.75) is 6.61 Å². The first-order chi connectivity index (χ1) is 6.29. The maximum absolute atomic E-state index is 10.9. The molecule has 2 N–H and O–H groups in total. The van der Waals surface area contributed by atoms with E-state index in [9.17, 15) is 4.79 Å². The van der Waals surface area contributed by atoms with E-state index in [0.717, 1.165) is 11.1 Å². The van der Waals surface area contributed by atoms with Crippen molar-refractivity contribution in [3.05, 3.63) is 40.3 Å². The van der Waals surface area contributed by atoms with E-state index in [2.05, 4.69) is 9.97 Å². The van der Waals surface area contributed by atoms with Crippen molar-refractivity contribution in [3.63, 3.8) is 0 Å². The lowest BCUT2D eigenvalue weighted by molar-refractivity contribution is 0.282. The molecule has 0 saturated carbocycles. The number of hydrogen-bond donors (Lipinski definition) is 2. The van der Waals surface area contributed by atoms with E-state index in [1.54, 1.807) is 18.2 Å². The van der Waals surface area contributed by atoms with Crippen molar-refractivity contribution < 1.29 is 5.11 Å². The summed E-state index contributed by atoms with van der Waals surface area (Å²) in [6.07, 6.45) is 1.24. The highest BCUT2D eigenvalue weighted by atomic mass is 16.3. The second kappa shape index (κ2) is 2.99. The van der Waals surface area contributed by atoms with Crippen molar-refractivity contribution >= 4 is 11.0 Å². The van der Waals surface area contributed by atoms with E-state index in [1.165, 1.54) is 6.20 Å². The highest BCUT2D eigenvalue weighted by Crippen LogP contribution is 2.09. The van der Waals surface area contributed by atoms with Gasteiger partial charge in [0.25, 0.3) is 5.56 Å². The Morgan fingerprint density at radius 2 is 2.31 bits per heavy atom. The Balaban J connectivity index is 2.75. The Kier molecular flexibility index (Phi) is 1.83. The number of nitrogens with zero attached hydrogens (tertiary/aromatic N) is 1. The minimum Gasteiger partial charge on any atom is -0.392 e. The van der Waals surface area contributed by atoms with Crippen LogP contribution in [-0.2, 0) is 6.61 Å². The Bertz CT molecular complexity index is 490. The van der Waals surface area contributed by atoms with Crippen LogP contribution in [0.15, 0.2) is 29.2 Å². The molecule has 2 aromatic rings. The van der Waals surface area contributed by atoms with Crippen LogP contribution in [0.5, 0.6) is 0 Å². The number of aliphatic hydroxyl groups is 1. The maximum atomic E-state index is 10.9. The minimum absolute atomic E-state index is 0.0349. The van der Waals surface area contributed by atoms with Crippen molar-refractivity contribution in [2.24, 2.45) is 0 Å². The molecule has 0 aliphatic heterocycles. The predicted octanol–water partition coefficient (Wildman–Crippen LogP) is 0.415. The molecule has 0 unspecified atom stereocenters. The summed E-state index contributed by atoms with van der Waals surface area (Å²) in [6.45, 7) is -0.0349. The minimum atomic E-state index is -0.234. The van der Waals surface area contributed by atoms with Gasteiger partial charge in [-0.3, -0.25) is 4.79 Å². The predicted molar refractivity (Wildman–Crippen MR) is 48.3 cm³/mol. The third kappa shape index (κ3) is 1.43. The fourth-order valence-corrected chi connectivity index (χ4v) is 1.19. The molecule has 0 saturated heterocycles. The number of nitrogens with one attached hydrogen (secondary N) is 1. The van der Waals surface area contributed by atoms with Crippen LogP contribution in [0.2, 0.25) is 0 Å². The van der Waals surface area contributed by atoms with Gasteiger partial charge in [-0.15, -0.1) is 0 Å². The average molecular weight is 176 g/mol. The largest absolute Gasteiger partial charge is 0.392 e. The standard InChI is InChI=1S/C9H8N2O2/c12-5-6-1-2-7-8(3-6)11-9(13)4-10-7/h1-4,12H,5H2,(H,11,13). The number of aromatic nitrogens is 2. The molecule has 0 radical (unpaired) electrons. The summed E-state index contributed by atoms with van der Waals surface area (Å²) >= 11 is 0. The number of aliphatic hydroxyl groups excluding tert-OH is 1. The first-order valence-corrected chi connectivity index (χ1v) is 3.88. The van der Waals surface area contributed by atoms with E-state index in [-0.39, 0.29) is 12.2 Å². The van der Waals surface area contributed by atoms with Gasteiger partial charge >= 0.3 is 0 Å². The molecular weight excluding hydrogens is 168 g/mol. The number of H-pyrrole nitrogens is 1. The summed E-state index contributed by atoms with van der Waals surface area (Å²) in [5.74, 6) is 0. The van der Waals surface area contributed by atoms with Crippen LogP contribution in [0.1, 0.15) is 5.56 Å². The molecule has 13 heavy (non-hydrogen) atoms. The zero-order chi connectivity index (χ0) is 9.26. The van der Waals surface area contributed by atoms with Gasteiger partial charge in [0.2, 0.25) is 0 Å². The summed E-state index contributed by atoms with van der Waals surface area (Å²) in [4.78, 5) is 17.5. The van der Waals surface area contributed by atoms with E-state index < -0.39 is 0 Å². The Hall–Kier alpha value is -1.68. The van der Waals surface area contributed by atoms with Crippen LogP contribution in [0.3, 0.4) is 0 Å². The summed E-state index contributed by atoms with van der Waals surface area (Å²) in [5.41, 5.74) is 1.90. The monoisotopic (exact) mass is 176 g/mol. The van der Waals surface area contributed by atoms with Crippen molar-refractivity contribution in [1.82, 2.24) is 9.97 Å². The van der Waals surface area contributed by atoms with E-state index >= 15 is 0 Å². The smallest absolute Gasteiger partial charge is 0.266 e. The quantitative estimate of drug-likeness (QED) is 0.661. The number of hydrogen-bond acceptors (Lipinski definition) is 3. The molecule has 0 amide bonds. The summed E-state index contributed by atoms with van der Waals surface area (Å²) in [7, 11) is 0. The molecule has 0 aliphatic carbocycles. The fraction of sp³-hybridized carbons (Fsp3) is 0.111. The maximum Gasteiger partial charge on any atom is 0.266 e. The number of aromatic amines is 1. The Morgan fingerprint density at radius 3 is 3.08 bits per heavy atom. The molecule has 4 heteroatoms. The molecular formula is C9H8N2O2. The molecule has 66 valence electrons. The Morgan fingerprint density at radius 1 is 1.46 bits per heavy atom. The molecule has 1 heterocycles. The Labute approximate surface area is 73.9 Å². The van der Waals surface area contributed by atoms with E-state index in [1.807, 2.05) is 0 Å². The number of benzene rings is 1. The lowest BCUT2D eigenvalue weighted by Gasteiger charge is -1.98. The van der Waals surface area contributed by atoms with Crippen molar-refractivity contribution in [3.8, 4) is 0 Å². The third-order valence-electron chi connectivity index (χ3n) is 1.82.